The summed E-state index contributed by atoms with van der Waals surface area (Å²) in [7, 11) is 1.61. The molecule has 222 valence electrons. The highest BCUT2D eigenvalue weighted by molar-refractivity contribution is 5.95. The first-order valence-electron chi connectivity index (χ1n) is 15.2. The van der Waals surface area contributed by atoms with Gasteiger partial charge in [0.15, 0.2) is 6.61 Å². The maximum atomic E-state index is 13.9. The Hall–Kier alpha value is -3.84. The van der Waals surface area contributed by atoms with Crippen molar-refractivity contribution >= 4 is 17.5 Å². The Bertz CT molecular complexity index is 1340. The number of ether oxygens (including phenoxy) is 2. The van der Waals surface area contributed by atoms with Crippen molar-refractivity contribution in [3.8, 4) is 11.5 Å². The van der Waals surface area contributed by atoms with E-state index < -0.39 is 0 Å². The lowest BCUT2D eigenvalue weighted by Crippen LogP contribution is -2.52. The van der Waals surface area contributed by atoms with Gasteiger partial charge < -0.3 is 19.3 Å². The highest BCUT2D eigenvalue weighted by Gasteiger charge is 2.35. The summed E-state index contributed by atoms with van der Waals surface area (Å²) in [6.07, 6.45) is 4.11. The Morgan fingerprint density at radius 3 is 2.40 bits per heavy atom. The van der Waals surface area contributed by atoms with E-state index in [-0.39, 0.29) is 30.4 Å². The monoisotopic (exact) mass is 569 g/mol. The van der Waals surface area contributed by atoms with E-state index in [1.54, 1.807) is 13.2 Å². The molecule has 2 heterocycles. The Kier molecular flexibility index (Phi) is 9.80. The summed E-state index contributed by atoms with van der Waals surface area (Å²) in [4.78, 5) is 34.0. The molecule has 2 unspecified atom stereocenters. The summed E-state index contributed by atoms with van der Waals surface area (Å²) in [5.41, 5.74) is 3.14. The zero-order valence-corrected chi connectivity index (χ0v) is 25.1. The van der Waals surface area contributed by atoms with Gasteiger partial charge in [-0.3, -0.25) is 14.5 Å². The van der Waals surface area contributed by atoms with Gasteiger partial charge in [-0.25, -0.2) is 0 Å². The van der Waals surface area contributed by atoms with E-state index in [0.29, 0.717) is 37.2 Å². The molecule has 1 saturated heterocycles. The number of rotatable bonds is 7. The molecule has 5 rings (SSSR count). The van der Waals surface area contributed by atoms with E-state index in [2.05, 4.69) is 29.2 Å². The van der Waals surface area contributed by atoms with E-state index in [9.17, 15) is 9.59 Å². The third-order valence-corrected chi connectivity index (χ3v) is 8.50. The fourth-order valence-electron chi connectivity index (χ4n) is 6.27. The Balaban J connectivity index is 1.48. The number of amides is 2. The highest BCUT2D eigenvalue weighted by atomic mass is 16.5. The lowest BCUT2D eigenvalue weighted by Gasteiger charge is -2.44. The first-order valence-corrected chi connectivity index (χ1v) is 15.2. The minimum absolute atomic E-state index is 0.0706. The fraction of sp³-hybridized carbons (Fsp3) is 0.429. The minimum atomic E-state index is -0.128. The van der Waals surface area contributed by atoms with Crippen LogP contribution in [0, 0.1) is 5.92 Å². The maximum Gasteiger partial charge on any atom is 0.260 e. The summed E-state index contributed by atoms with van der Waals surface area (Å²) in [5.74, 6) is 1.19. The topological polar surface area (TPSA) is 62.3 Å². The first-order chi connectivity index (χ1) is 20.4. The third kappa shape index (κ3) is 7.13. The van der Waals surface area contributed by atoms with Crippen molar-refractivity contribution < 1.29 is 19.1 Å². The largest absolute Gasteiger partial charge is 0.497 e. The normalized spacial score (nSPS) is 19.5. The molecule has 7 nitrogen and oxygen atoms in total. The molecule has 2 bridgehead atoms. The Morgan fingerprint density at radius 1 is 0.881 bits per heavy atom. The molecule has 3 aromatic rings. The third-order valence-electron chi connectivity index (χ3n) is 8.50. The molecule has 2 amide bonds. The minimum Gasteiger partial charge on any atom is -0.497 e. The quantitative estimate of drug-likeness (QED) is 0.354. The van der Waals surface area contributed by atoms with Gasteiger partial charge in [0.05, 0.1) is 7.11 Å². The van der Waals surface area contributed by atoms with Crippen LogP contribution in [-0.2, 0) is 22.7 Å². The van der Waals surface area contributed by atoms with Crippen molar-refractivity contribution in [2.45, 2.75) is 64.7 Å². The molecule has 0 aliphatic carbocycles. The second kappa shape index (κ2) is 13.9. The van der Waals surface area contributed by atoms with Gasteiger partial charge in [-0.2, -0.15) is 0 Å². The molecular weight excluding hydrogens is 526 g/mol. The molecule has 1 fully saturated rings. The fourth-order valence-corrected chi connectivity index (χ4v) is 6.27. The number of carbonyl (C=O) groups is 2. The molecule has 0 saturated carbocycles. The molecule has 3 aromatic carbocycles. The van der Waals surface area contributed by atoms with Crippen molar-refractivity contribution in [3.63, 3.8) is 0 Å². The smallest absolute Gasteiger partial charge is 0.260 e. The van der Waals surface area contributed by atoms with Crippen LogP contribution in [0.4, 0.5) is 5.69 Å². The van der Waals surface area contributed by atoms with Crippen LogP contribution < -0.4 is 14.4 Å². The molecule has 2 aliphatic rings. The van der Waals surface area contributed by atoms with E-state index in [1.165, 1.54) is 5.56 Å². The van der Waals surface area contributed by atoms with Crippen LogP contribution in [0.15, 0.2) is 78.9 Å². The summed E-state index contributed by atoms with van der Waals surface area (Å²) in [6, 6.07) is 26.5. The number of piperidine rings is 1. The van der Waals surface area contributed by atoms with Crippen LogP contribution in [0.5, 0.6) is 11.5 Å². The first kappa shape index (κ1) is 29.6. The molecule has 0 radical (unpaired) electrons. The number of nitrogens with zero attached hydrogens (tertiary/aromatic N) is 3. The van der Waals surface area contributed by atoms with Gasteiger partial charge in [-0.05, 0) is 48.6 Å². The van der Waals surface area contributed by atoms with Gasteiger partial charge >= 0.3 is 0 Å². The molecule has 0 spiro atoms. The van der Waals surface area contributed by atoms with Gasteiger partial charge in [0, 0.05) is 55.9 Å². The Morgan fingerprint density at radius 2 is 1.62 bits per heavy atom. The second-order valence-electron chi connectivity index (χ2n) is 11.7. The molecular formula is C35H43N3O4. The van der Waals surface area contributed by atoms with Gasteiger partial charge in [-0.15, -0.1) is 0 Å². The zero-order chi connectivity index (χ0) is 29.5. The number of methoxy groups -OCH3 is 1. The number of anilines is 1. The van der Waals surface area contributed by atoms with Crippen LogP contribution in [0.1, 0.15) is 50.7 Å². The molecule has 0 N–H and O–H groups in total. The molecule has 0 aromatic heterocycles. The number of benzene rings is 3. The van der Waals surface area contributed by atoms with Gasteiger partial charge in [0.1, 0.15) is 11.5 Å². The van der Waals surface area contributed by atoms with Gasteiger partial charge in [0.25, 0.3) is 5.91 Å². The molecule has 42 heavy (non-hydrogen) atoms. The number of hydrogen-bond donors (Lipinski definition) is 0. The van der Waals surface area contributed by atoms with Crippen molar-refractivity contribution in [3.05, 3.63) is 90.0 Å². The second-order valence-corrected chi connectivity index (χ2v) is 11.7. The average Bonchev–Trinajstić information content (AvgIpc) is 3.02. The van der Waals surface area contributed by atoms with Crippen LogP contribution >= 0.6 is 0 Å². The standard InChI is InChI=1S/C35H43N3O4/c1-26(2)35(40)37-20-19-29-14-9-15-30(38(29)22-27-11-5-4-6-12-27)24-36(23-28-13-7-8-18-33(28)37)34(39)25-42-32-17-10-16-31(21-32)41-3/h4-8,10-13,16-18,21,26,29-30H,9,14-15,19-20,22-25H2,1-3H3. The van der Waals surface area contributed by atoms with Crippen molar-refractivity contribution in [1.29, 1.82) is 0 Å². The van der Waals surface area contributed by atoms with Crippen molar-refractivity contribution in [1.82, 2.24) is 9.80 Å². The molecule has 7 heteroatoms. The summed E-state index contributed by atoms with van der Waals surface area (Å²) in [5, 5.41) is 0. The maximum absolute atomic E-state index is 13.9. The van der Waals surface area contributed by atoms with E-state index in [4.69, 9.17) is 9.47 Å². The number of carbonyl (C=O) groups excluding carboxylic acids is 2. The lowest BCUT2D eigenvalue weighted by atomic mass is 9.92. The number of hydrogen-bond acceptors (Lipinski definition) is 5. The number of para-hydroxylation sites is 1. The zero-order valence-electron chi connectivity index (χ0n) is 25.1. The van der Waals surface area contributed by atoms with Crippen molar-refractivity contribution in [2.24, 2.45) is 5.92 Å². The highest BCUT2D eigenvalue weighted by Crippen LogP contribution is 2.32. The summed E-state index contributed by atoms with van der Waals surface area (Å²) < 4.78 is 11.3. The molecule has 2 atom stereocenters. The van der Waals surface area contributed by atoms with Crippen LogP contribution in [0.3, 0.4) is 0 Å². The predicted octanol–water partition coefficient (Wildman–Crippen LogP) is 5.92. The van der Waals surface area contributed by atoms with E-state index >= 15 is 0 Å². The molecule has 2 aliphatic heterocycles. The average molecular weight is 570 g/mol. The van der Waals surface area contributed by atoms with Crippen molar-refractivity contribution in [2.75, 3.05) is 31.7 Å². The van der Waals surface area contributed by atoms with Gasteiger partial charge in [-0.1, -0.05) is 74.9 Å². The Labute approximate surface area is 250 Å². The van der Waals surface area contributed by atoms with Gasteiger partial charge in [0.2, 0.25) is 5.91 Å². The van der Waals surface area contributed by atoms with Crippen LogP contribution in [0.25, 0.3) is 0 Å². The number of fused-ring (bicyclic) bond motifs is 3. The lowest BCUT2D eigenvalue weighted by molar-refractivity contribution is -0.135. The predicted molar refractivity (Wildman–Crippen MR) is 166 cm³/mol. The summed E-state index contributed by atoms with van der Waals surface area (Å²) >= 11 is 0. The summed E-state index contributed by atoms with van der Waals surface area (Å²) in [6.45, 7) is 6.35. The van der Waals surface area contributed by atoms with E-state index in [1.807, 2.05) is 72.2 Å². The van der Waals surface area contributed by atoms with Crippen LogP contribution in [0.2, 0.25) is 0 Å². The van der Waals surface area contributed by atoms with Crippen LogP contribution in [-0.4, -0.2) is 60.5 Å². The van der Waals surface area contributed by atoms with E-state index in [0.717, 1.165) is 43.5 Å². The SMILES string of the molecule is COc1cccc(OCC(=O)N2Cc3ccccc3N(C(=O)C(C)C)CCC3CCCC(C2)N3Cc2ccccc2)c1.